The molecule has 24 heavy (non-hydrogen) atoms. The molecule has 1 aromatic heterocycles. The number of rotatable bonds is 7. The van der Waals surface area contributed by atoms with Crippen LogP contribution in [0.1, 0.15) is 11.1 Å². The second kappa shape index (κ2) is 8.61. The molecule has 1 aliphatic heterocycles. The molecule has 0 spiro atoms. The fourth-order valence-corrected chi connectivity index (χ4v) is 2.71. The smallest absolute Gasteiger partial charge is 0.224 e. The molecule has 0 bridgehead atoms. The van der Waals surface area contributed by atoms with Gasteiger partial charge in [-0.2, -0.15) is 4.98 Å². The minimum Gasteiger partial charge on any atom is -0.379 e. The Balaban J connectivity index is 1.46. The highest BCUT2D eigenvalue weighted by molar-refractivity contribution is 5.40. The summed E-state index contributed by atoms with van der Waals surface area (Å²) >= 11 is 0. The minimum atomic E-state index is 0.646. The lowest BCUT2D eigenvalue weighted by Gasteiger charge is -2.26. The van der Waals surface area contributed by atoms with Crippen molar-refractivity contribution in [2.24, 2.45) is 0 Å². The predicted molar refractivity (Wildman–Crippen MR) is 96.3 cm³/mol. The zero-order valence-electron chi connectivity index (χ0n) is 14.2. The molecule has 128 valence electrons. The largest absolute Gasteiger partial charge is 0.379 e. The van der Waals surface area contributed by atoms with Crippen LogP contribution in [0.2, 0.25) is 0 Å². The van der Waals surface area contributed by atoms with Crippen molar-refractivity contribution in [3.8, 4) is 0 Å². The number of benzene rings is 1. The maximum atomic E-state index is 5.36. The number of aromatic nitrogens is 2. The summed E-state index contributed by atoms with van der Waals surface area (Å²) in [5, 5.41) is 6.65. The second-order valence-corrected chi connectivity index (χ2v) is 5.99. The van der Waals surface area contributed by atoms with Crippen molar-refractivity contribution in [1.29, 1.82) is 0 Å². The van der Waals surface area contributed by atoms with Crippen LogP contribution in [0.4, 0.5) is 11.8 Å². The predicted octanol–water partition coefficient (Wildman–Crippen LogP) is 2.14. The molecule has 6 nitrogen and oxygen atoms in total. The normalized spacial score (nSPS) is 15.2. The lowest BCUT2D eigenvalue weighted by Crippen LogP contribution is -2.39. The van der Waals surface area contributed by atoms with Crippen molar-refractivity contribution < 1.29 is 4.74 Å². The summed E-state index contributed by atoms with van der Waals surface area (Å²) in [5.74, 6) is 1.50. The van der Waals surface area contributed by atoms with Gasteiger partial charge in [0.15, 0.2) is 0 Å². The maximum absolute atomic E-state index is 5.36. The van der Waals surface area contributed by atoms with E-state index in [1.165, 1.54) is 11.1 Å². The fraction of sp³-hybridized carbons (Fsp3) is 0.444. The first kappa shape index (κ1) is 16.7. The van der Waals surface area contributed by atoms with E-state index < -0.39 is 0 Å². The number of aryl methyl sites for hydroxylation is 1. The highest BCUT2D eigenvalue weighted by Gasteiger charge is 2.09. The Labute approximate surface area is 143 Å². The van der Waals surface area contributed by atoms with Gasteiger partial charge in [0.25, 0.3) is 0 Å². The van der Waals surface area contributed by atoms with Gasteiger partial charge in [0.1, 0.15) is 5.82 Å². The summed E-state index contributed by atoms with van der Waals surface area (Å²) in [7, 11) is 0. The Hall–Kier alpha value is -2.18. The average Bonchev–Trinajstić information content (AvgIpc) is 2.61. The second-order valence-electron chi connectivity index (χ2n) is 5.99. The SMILES string of the molecule is Cc1cccc(CNc2nccc(NCCN3CCOCC3)n2)c1. The first-order chi connectivity index (χ1) is 11.8. The number of morpholine rings is 1. The molecule has 3 rings (SSSR count). The average molecular weight is 327 g/mol. The lowest BCUT2D eigenvalue weighted by molar-refractivity contribution is 0.0398. The Bertz CT molecular complexity index is 643. The van der Waals surface area contributed by atoms with Crippen LogP contribution in [0.5, 0.6) is 0 Å². The van der Waals surface area contributed by atoms with Crippen LogP contribution in [0.3, 0.4) is 0 Å². The molecule has 0 atom stereocenters. The van der Waals surface area contributed by atoms with Crippen LogP contribution in [0.25, 0.3) is 0 Å². The van der Waals surface area contributed by atoms with Crippen molar-refractivity contribution in [1.82, 2.24) is 14.9 Å². The molecule has 2 aromatic rings. The molecule has 1 aromatic carbocycles. The van der Waals surface area contributed by atoms with Crippen molar-refractivity contribution in [3.63, 3.8) is 0 Å². The van der Waals surface area contributed by atoms with Gasteiger partial charge in [0.05, 0.1) is 13.2 Å². The van der Waals surface area contributed by atoms with E-state index in [4.69, 9.17) is 4.74 Å². The van der Waals surface area contributed by atoms with E-state index in [0.29, 0.717) is 5.95 Å². The van der Waals surface area contributed by atoms with E-state index in [9.17, 15) is 0 Å². The molecule has 0 saturated carbocycles. The van der Waals surface area contributed by atoms with Gasteiger partial charge < -0.3 is 15.4 Å². The fourth-order valence-electron chi connectivity index (χ4n) is 2.71. The third kappa shape index (κ3) is 5.18. The molecule has 2 N–H and O–H groups in total. The number of hydrogen-bond donors (Lipinski definition) is 2. The van der Waals surface area contributed by atoms with Crippen LogP contribution < -0.4 is 10.6 Å². The molecule has 0 aliphatic carbocycles. The molecule has 0 radical (unpaired) electrons. The van der Waals surface area contributed by atoms with Gasteiger partial charge in [-0.1, -0.05) is 29.8 Å². The van der Waals surface area contributed by atoms with Gasteiger partial charge in [-0.05, 0) is 18.6 Å². The quantitative estimate of drug-likeness (QED) is 0.812. The summed E-state index contributed by atoms with van der Waals surface area (Å²) in [6, 6.07) is 10.3. The van der Waals surface area contributed by atoms with E-state index in [1.807, 2.05) is 6.07 Å². The van der Waals surface area contributed by atoms with E-state index >= 15 is 0 Å². The number of ether oxygens (including phenoxy) is 1. The highest BCUT2D eigenvalue weighted by Crippen LogP contribution is 2.09. The number of nitrogens with one attached hydrogen (secondary N) is 2. The van der Waals surface area contributed by atoms with Crippen molar-refractivity contribution in [2.45, 2.75) is 13.5 Å². The van der Waals surface area contributed by atoms with E-state index in [-0.39, 0.29) is 0 Å². The summed E-state index contributed by atoms with van der Waals surface area (Å²) in [4.78, 5) is 11.2. The Morgan fingerprint density at radius 3 is 2.88 bits per heavy atom. The van der Waals surface area contributed by atoms with Crippen LogP contribution in [0, 0.1) is 6.92 Å². The van der Waals surface area contributed by atoms with Gasteiger partial charge in [-0.25, -0.2) is 4.98 Å². The van der Waals surface area contributed by atoms with Gasteiger partial charge in [0.2, 0.25) is 5.95 Å². The summed E-state index contributed by atoms with van der Waals surface area (Å²) in [6.45, 7) is 8.37. The van der Waals surface area contributed by atoms with Crippen LogP contribution >= 0.6 is 0 Å². The molecule has 2 heterocycles. The van der Waals surface area contributed by atoms with E-state index in [2.05, 4.69) is 56.7 Å². The molecule has 1 fully saturated rings. The standard InChI is InChI=1S/C18H25N5O/c1-15-3-2-4-16(13-15)14-21-18-20-6-5-17(22-18)19-7-8-23-9-11-24-12-10-23/h2-6,13H,7-12,14H2,1H3,(H2,19,20,21,22). The first-order valence-corrected chi connectivity index (χ1v) is 8.46. The highest BCUT2D eigenvalue weighted by atomic mass is 16.5. The first-order valence-electron chi connectivity index (χ1n) is 8.46. The monoisotopic (exact) mass is 327 g/mol. The molecule has 1 saturated heterocycles. The van der Waals surface area contributed by atoms with Crippen LogP contribution in [0.15, 0.2) is 36.5 Å². The molecule has 0 unspecified atom stereocenters. The summed E-state index contributed by atoms with van der Waals surface area (Å²) < 4.78 is 5.36. The zero-order valence-corrected chi connectivity index (χ0v) is 14.2. The molecular weight excluding hydrogens is 302 g/mol. The summed E-state index contributed by atoms with van der Waals surface area (Å²) in [5.41, 5.74) is 2.48. The molecule has 1 aliphatic rings. The minimum absolute atomic E-state index is 0.646. The van der Waals surface area contributed by atoms with Gasteiger partial charge in [0, 0.05) is 38.9 Å². The van der Waals surface area contributed by atoms with Crippen molar-refractivity contribution in [2.75, 3.05) is 50.0 Å². The van der Waals surface area contributed by atoms with Crippen molar-refractivity contribution >= 4 is 11.8 Å². The van der Waals surface area contributed by atoms with Crippen molar-refractivity contribution in [3.05, 3.63) is 47.7 Å². The molecule has 0 amide bonds. The van der Waals surface area contributed by atoms with Crippen LogP contribution in [-0.4, -0.2) is 54.3 Å². The zero-order chi connectivity index (χ0) is 16.6. The summed E-state index contributed by atoms with van der Waals surface area (Å²) in [6.07, 6.45) is 1.78. The third-order valence-corrected chi connectivity index (χ3v) is 4.03. The van der Waals surface area contributed by atoms with E-state index in [1.54, 1.807) is 6.20 Å². The molecule has 6 heteroatoms. The van der Waals surface area contributed by atoms with Gasteiger partial charge in [-0.15, -0.1) is 0 Å². The Morgan fingerprint density at radius 2 is 2.04 bits per heavy atom. The van der Waals surface area contributed by atoms with Crippen LogP contribution in [-0.2, 0) is 11.3 Å². The molecular formula is C18H25N5O. The van der Waals surface area contributed by atoms with E-state index in [0.717, 1.165) is 51.8 Å². The maximum Gasteiger partial charge on any atom is 0.224 e. The third-order valence-electron chi connectivity index (χ3n) is 4.03. The topological polar surface area (TPSA) is 62.3 Å². The number of anilines is 2. The number of hydrogen-bond acceptors (Lipinski definition) is 6. The number of nitrogens with zero attached hydrogens (tertiary/aromatic N) is 3. The Kier molecular flexibility index (Phi) is 5.98. The van der Waals surface area contributed by atoms with Gasteiger partial charge >= 0.3 is 0 Å². The lowest BCUT2D eigenvalue weighted by atomic mass is 10.1. The Morgan fingerprint density at radius 1 is 1.17 bits per heavy atom. The van der Waals surface area contributed by atoms with Gasteiger partial charge in [-0.3, -0.25) is 4.90 Å².